The molecule has 104 valence electrons. The number of carbonyl (C=O) groups excluding carboxylic acids is 1. The Kier molecular flexibility index (Phi) is 4.66. The van der Waals surface area contributed by atoms with E-state index in [1.54, 1.807) is 13.1 Å². The Morgan fingerprint density at radius 1 is 1.58 bits per heavy atom. The van der Waals surface area contributed by atoms with Gasteiger partial charge in [0.1, 0.15) is 0 Å². The summed E-state index contributed by atoms with van der Waals surface area (Å²) < 4.78 is 0. The van der Waals surface area contributed by atoms with Gasteiger partial charge in [0, 0.05) is 36.4 Å². The van der Waals surface area contributed by atoms with E-state index in [1.165, 1.54) is 0 Å². The van der Waals surface area contributed by atoms with Crippen molar-refractivity contribution in [2.45, 2.75) is 19.4 Å². The molecule has 1 fully saturated rings. The summed E-state index contributed by atoms with van der Waals surface area (Å²) in [6.07, 6.45) is 1.88. The molecular weight excluding hydrogens is 264 g/mol. The van der Waals surface area contributed by atoms with Crippen molar-refractivity contribution >= 4 is 23.2 Å². The number of aliphatic hydroxyl groups excluding tert-OH is 1. The zero-order chi connectivity index (χ0) is 13.8. The molecule has 5 heteroatoms. The maximum absolute atomic E-state index is 11.8. The highest BCUT2D eigenvalue weighted by Crippen LogP contribution is 2.30. The Hall–Kier alpha value is -1.26. The molecule has 1 atom stereocenters. The van der Waals surface area contributed by atoms with Gasteiger partial charge in [0.2, 0.25) is 5.91 Å². The lowest BCUT2D eigenvalue weighted by Crippen LogP contribution is -2.42. The number of anilines is 1. The number of nitrogens with zero attached hydrogens (tertiary/aromatic N) is 1. The number of amides is 1. The first-order chi connectivity index (χ1) is 9.17. The Balaban J connectivity index is 2.22. The minimum absolute atomic E-state index is 0.00396. The number of aliphatic hydroxyl groups is 1. The molecule has 1 heterocycles. The van der Waals surface area contributed by atoms with Crippen molar-refractivity contribution in [3.05, 3.63) is 28.8 Å². The summed E-state index contributed by atoms with van der Waals surface area (Å²) in [5.41, 5.74) is 1.67. The summed E-state index contributed by atoms with van der Waals surface area (Å²) >= 11 is 6.11. The third-order valence-electron chi connectivity index (χ3n) is 3.63. The van der Waals surface area contributed by atoms with Crippen LogP contribution in [0.1, 0.15) is 18.4 Å². The summed E-state index contributed by atoms with van der Waals surface area (Å²) in [6.45, 7) is 1.48. The second-order valence-corrected chi connectivity index (χ2v) is 5.20. The van der Waals surface area contributed by atoms with Crippen molar-refractivity contribution in [2.75, 3.05) is 25.0 Å². The molecule has 1 aliphatic rings. The van der Waals surface area contributed by atoms with E-state index in [0.29, 0.717) is 11.6 Å². The number of halogens is 1. The second-order valence-electron chi connectivity index (χ2n) is 4.80. The number of benzene rings is 1. The third kappa shape index (κ3) is 3.01. The van der Waals surface area contributed by atoms with Crippen LogP contribution in [0.4, 0.5) is 5.69 Å². The predicted molar refractivity (Wildman–Crippen MR) is 76.4 cm³/mol. The number of hydrogen-bond acceptors (Lipinski definition) is 3. The van der Waals surface area contributed by atoms with Gasteiger partial charge in [-0.25, -0.2) is 0 Å². The van der Waals surface area contributed by atoms with Gasteiger partial charge in [-0.3, -0.25) is 4.79 Å². The molecule has 0 spiro atoms. The Bertz CT molecular complexity index is 465. The highest BCUT2D eigenvalue weighted by molar-refractivity contribution is 6.31. The van der Waals surface area contributed by atoms with Crippen LogP contribution in [0, 0.1) is 5.92 Å². The lowest BCUT2D eigenvalue weighted by atomic mass is 9.96. The fraction of sp³-hybridized carbons (Fsp3) is 0.500. The van der Waals surface area contributed by atoms with Crippen LogP contribution in [0.3, 0.4) is 0 Å². The summed E-state index contributed by atoms with van der Waals surface area (Å²) in [6, 6.07) is 5.60. The number of nitrogens with one attached hydrogen (secondary N) is 1. The first-order valence-corrected chi connectivity index (χ1v) is 6.90. The summed E-state index contributed by atoms with van der Waals surface area (Å²) in [5.74, 6) is 0.0848. The molecule has 0 saturated carbocycles. The maximum Gasteiger partial charge on any atom is 0.224 e. The molecule has 1 aliphatic heterocycles. The van der Waals surface area contributed by atoms with Crippen molar-refractivity contribution in [3.8, 4) is 0 Å². The van der Waals surface area contributed by atoms with E-state index < -0.39 is 0 Å². The van der Waals surface area contributed by atoms with Gasteiger partial charge >= 0.3 is 0 Å². The molecule has 1 unspecified atom stereocenters. The molecule has 19 heavy (non-hydrogen) atoms. The van der Waals surface area contributed by atoms with Gasteiger partial charge in [-0.2, -0.15) is 0 Å². The lowest BCUT2D eigenvalue weighted by Gasteiger charge is -2.34. The first-order valence-electron chi connectivity index (χ1n) is 6.52. The molecule has 1 aromatic carbocycles. The molecule has 4 nitrogen and oxygen atoms in total. The van der Waals surface area contributed by atoms with E-state index >= 15 is 0 Å². The van der Waals surface area contributed by atoms with Crippen molar-refractivity contribution < 1.29 is 9.90 Å². The van der Waals surface area contributed by atoms with Crippen LogP contribution in [0.15, 0.2) is 18.2 Å². The van der Waals surface area contributed by atoms with E-state index in [1.807, 2.05) is 12.1 Å². The fourth-order valence-corrected chi connectivity index (χ4v) is 2.84. The van der Waals surface area contributed by atoms with Gasteiger partial charge in [0.05, 0.1) is 12.5 Å². The van der Waals surface area contributed by atoms with Gasteiger partial charge < -0.3 is 15.3 Å². The minimum atomic E-state index is -0.0872. The Labute approximate surface area is 118 Å². The topological polar surface area (TPSA) is 52.6 Å². The number of rotatable bonds is 3. The molecule has 0 aliphatic carbocycles. The van der Waals surface area contributed by atoms with Crippen LogP contribution in [0.5, 0.6) is 0 Å². The van der Waals surface area contributed by atoms with Crippen molar-refractivity contribution in [3.63, 3.8) is 0 Å². The van der Waals surface area contributed by atoms with Crippen molar-refractivity contribution in [1.82, 2.24) is 5.32 Å². The van der Waals surface area contributed by atoms with Gasteiger partial charge in [0.15, 0.2) is 0 Å². The van der Waals surface area contributed by atoms with Crippen molar-refractivity contribution in [2.24, 2.45) is 5.92 Å². The fourth-order valence-electron chi connectivity index (χ4n) is 2.61. The van der Waals surface area contributed by atoms with Crippen LogP contribution in [-0.4, -0.2) is 31.2 Å². The molecule has 0 bridgehead atoms. The SMILES string of the molecule is CNC(=O)C1CCCN(c2cccc(Cl)c2CO)C1. The molecule has 2 N–H and O–H groups in total. The van der Waals surface area contributed by atoms with E-state index in [4.69, 9.17) is 11.6 Å². The summed E-state index contributed by atoms with van der Waals surface area (Å²) in [4.78, 5) is 13.9. The molecule has 1 aromatic rings. The number of carbonyl (C=O) groups is 1. The highest BCUT2D eigenvalue weighted by atomic mass is 35.5. The van der Waals surface area contributed by atoms with Crippen LogP contribution in [-0.2, 0) is 11.4 Å². The van der Waals surface area contributed by atoms with Gasteiger partial charge in [-0.05, 0) is 25.0 Å². The number of piperidine rings is 1. The molecule has 2 rings (SSSR count). The Morgan fingerprint density at radius 3 is 3.05 bits per heavy atom. The Morgan fingerprint density at radius 2 is 2.37 bits per heavy atom. The normalized spacial score (nSPS) is 19.3. The van der Waals surface area contributed by atoms with Gasteiger partial charge in [-0.1, -0.05) is 17.7 Å². The second kappa shape index (κ2) is 6.26. The minimum Gasteiger partial charge on any atom is -0.392 e. The molecule has 0 radical (unpaired) electrons. The third-order valence-corrected chi connectivity index (χ3v) is 3.99. The van der Waals surface area contributed by atoms with Gasteiger partial charge in [0.25, 0.3) is 0 Å². The predicted octanol–water partition coefficient (Wildman–Crippen LogP) is 1.79. The zero-order valence-corrected chi connectivity index (χ0v) is 11.8. The lowest BCUT2D eigenvalue weighted by molar-refractivity contribution is -0.124. The van der Waals surface area contributed by atoms with E-state index in [-0.39, 0.29) is 18.4 Å². The quantitative estimate of drug-likeness (QED) is 0.889. The molecule has 1 saturated heterocycles. The monoisotopic (exact) mass is 282 g/mol. The summed E-state index contributed by atoms with van der Waals surface area (Å²) in [5, 5.41) is 12.7. The average Bonchev–Trinajstić information content (AvgIpc) is 2.46. The number of hydrogen-bond donors (Lipinski definition) is 2. The van der Waals surface area contributed by atoms with Crippen LogP contribution in [0.25, 0.3) is 0 Å². The van der Waals surface area contributed by atoms with E-state index in [0.717, 1.165) is 30.6 Å². The first kappa shape index (κ1) is 14.2. The molecule has 0 aromatic heterocycles. The van der Waals surface area contributed by atoms with Crippen LogP contribution < -0.4 is 10.2 Å². The largest absolute Gasteiger partial charge is 0.392 e. The zero-order valence-electron chi connectivity index (χ0n) is 11.0. The molecular formula is C14H19ClN2O2. The van der Waals surface area contributed by atoms with E-state index in [2.05, 4.69) is 10.2 Å². The standard InChI is InChI=1S/C14H19ClN2O2/c1-16-14(19)10-4-3-7-17(8-10)13-6-2-5-12(15)11(13)9-18/h2,5-6,10,18H,3-4,7-9H2,1H3,(H,16,19). The van der Waals surface area contributed by atoms with Gasteiger partial charge in [-0.15, -0.1) is 0 Å². The average molecular weight is 283 g/mol. The van der Waals surface area contributed by atoms with Crippen molar-refractivity contribution in [1.29, 1.82) is 0 Å². The smallest absolute Gasteiger partial charge is 0.224 e. The molecule has 1 amide bonds. The highest BCUT2D eigenvalue weighted by Gasteiger charge is 2.26. The summed E-state index contributed by atoms with van der Waals surface area (Å²) in [7, 11) is 1.67. The van der Waals surface area contributed by atoms with Crippen LogP contribution >= 0.6 is 11.6 Å². The maximum atomic E-state index is 11.8. The van der Waals surface area contributed by atoms with E-state index in [9.17, 15) is 9.90 Å². The van der Waals surface area contributed by atoms with Crippen LogP contribution in [0.2, 0.25) is 5.02 Å².